The van der Waals surface area contributed by atoms with Crippen molar-refractivity contribution in [3.05, 3.63) is 12.7 Å². The monoisotopic (exact) mass is 157 g/mol. The number of alkyl carbamates (subject to hydrolysis) is 1. The van der Waals surface area contributed by atoms with Crippen LogP contribution in [0.1, 0.15) is 6.42 Å². The summed E-state index contributed by atoms with van der Waals surface area (Å²) in [5.41, 5.74) is -0.626. The molecule has 1 heterocycles. The lowest BCUT2D eigenvalue weighted by atomic mass is 9.99. The number of carbonyl (C=O) groups excluding carboxylic acids is 1. The molecule has 0 saturated carbocycles. The third-order valence-corrected chi connectivity index (χ3v) is 1.68. The van der Waals surface area contributed by atoms with Gasteiger partial charge in [0, 0.05) is 0 Å². The molecule has 0 unspecified atom stereocenters. The SMILES string of the molecule is C=CC[C@]1(CO)COC(=O)N1. The summed E-state index contributed by atoms with van der Waals surface area (Å²) in [4.78, 5) is 10.6. The Hall–Kier alpha value is -1.03. The van der Waals surface area contributed by atoms with E-state index >= 15 is 0 Å². The lowest BCUT2D eigenvalue weighted by Crippen LogP contribution is -2.46. The molecule has 4 nitrogen and oxygen atoms in total. The fourth-order valence-electron chi connectivity index (χ4n) is 1.03. The quantitative estimate of drug-likeness (QED) is 0.568. The van der Waals surface area contributed by atoms with E-state index in [0.29, 0.717) is 6.42 Å². The van der Waals surface area contributed by atoms with Crippen molar-refractivity contribution in [2.75, 3.05) is 13.2 Å². The highest BCUT2D eigenvalue weighted by Crippen LogP contribution is 2.16. The van der Waals surface area contributed by atoms with Gasteiger partial charge in [-0.15, -0.1) is 6.58 Å². The zero-order valence-electron chi connectivity index (χ0n) is 6.17. The second kappa shape index (κ2) is 2.92. The molecular formula is C7H11NO3. The number of hydrogen-bond acceptors (Lipinski definition) is 3. The van der Waals surface area contributed by atoms with Crippen molar-refractivity contribution >= 4 is 6.09 Å². The Kier molecular flexibility index (Phi) is 2.14. The van der Waals surface area contributed by atoms with Crippen LogP contribution in [0.4, 0.5) is 4.79 Å². The second-order valence-electron chi connectivity index (χ2n) is 2.63. The van der Waals surface area contributed by atoms with Gasteiger partial charge in [-0.05, 0) is 6.42 Å². The molecule has 0 aliphatic carbocycles. The van der Waals surface area contributed by atoms with Gasteiger partial charge in [-0.1, -0.05) is 6.08 Å². The van der Waals surface area contributed by atoms with E-state index in [1.807, 2.05) is 0 Å². The molecule has 0 bridgehead atoms. The van der Waals surface area contributed by atoms with E-state index in [1.165, 1.54) is 0 Å². The molecule has 0 spiro atoms. The number of aliphatic hydroxyl groups is 1. The Balaban J connectivity index is 2.61. The van der Waals surface area contributed by atoms with Gasteiger partial charge in [0.2, 0.25) is 0 Å². The average Bonchev–Trinajstić information content (AvgIpc) is 2.34. The molecule has 1 aliphatic heterocycles. The maximum atomic E-state index is 10.6. The minimum atomic E-state index is -0.626. The summed E-state index contributed by atoms with van der Waals surface area (Å²) in [6, 6.07) is 0. The van der Waals surface area contributed by atoms with Crippen LogP contribution in [0.25, 0.3) is 0 Å². The third-order valence-electron chi connectivity index (χ3n) is 1.68. The maximum absolute atomic E-state index is 10.6. The Morgan fingerprint density at radius 2 is 2.64 bits per heavy atom. The molecule has 0 radical (unpaired) electrons. The van der Waals surface area contributed by atoms with Crippen molar-refractivity contribution in [1.29, 1.82) is 0 Å². The molecule has 1 amide bonds. The van der Waals surface area contributed by atoms with E-state index in [9.17, 15) is 4.79 Å². The number of nitrogens with one attached hydrogen (secondary N) is 1. The first-order valence-corrected chi connectivity index (χ1v) is 3.39. The van der Waals surface area contributed by atoms with E-state index < -0.39 is 11.6 Å². The van der Waals surface area contributed by atoms with Crippen molar-refractivity contribution in [2.45, 2.75) is 12.0 Å². The molecular weight excluding hydrogens is 146 g/mol. The molecule has 0 aromatic heterocycles. The van der Waals surface area contributed by atoms with Gasteiger partial charge in [0.15, 0.2) is 0 Å². The zero-order chi connectivity index (χ0) is 8.32. The number of hydrogen-bond donors (Lipinski definition) is 2. The van der Waals surface area contributed by atoms with Gasteiger partial charge in [-0.2, -0.15) is 0 Å². The Labute approximate surface area is 64.9 Å². The van der Waals surface area contributed by atoms with Crippen molar-refractivity contribution in [3.8, 4) is 0 Å². The highest BCUT2D eigenvalue weighted by Gasteiger charge is 2.37. The maximum Gasteiger partial charge on any atom is 0.407 e. The minimum Gasteiger partial charge on any atom is -0.447 e. The summed E-state index contributed by atoms with van der Waals surface area (Å²) < 4.78 is 4.65. The standard InChI is InChI=1S/C7H11NO3/c1-2-3-7(4-9)5-11-6(10)8-7/h2,9H,1,3-5H2,(H,8,10)/t7-/m0/s1. The van der Waals surface area contributed by atoms with Gasteiger partial charge in [-0.25, -0.2) is 4.79 Å². The highest BCUT2D eigenvalue weighted by atomic mass is 16.6. The van der Waals surface area contributed by atoms with Gasteiger partial charge in [0.1, 0.15) is 12.1 Å². The van der Waals surface area contributed by atoms with Crippen LogP contribution in [0.2, 0.25) is 0 Å². The van der Waals surface area contributed by atoms with Gasteiger partial charge in [-0.3, -0.25) is 0 Å². The lowest BCUT2D eigenvalue weighted by molar-refractivity contribution is 0.146. The Bertz CT molecular complexity index is 181. The number of carbonyl (C=O) groups is 1. The summed E-state index contributed by atoms with van der Waals surface area (Å²) in [6.07, 6.45) is 1.70. The average molecular weight is 157 g/mol. The van der Waals surface area contributed by atoms with Gasteiger partial charge in [0.25, 0.3) is 0 Å². The molecule has 0 aromatic carbocycles. The smallest absolute Gasteiger partial charge is 0.407 e. The fraction of sp³-hybridized carbons (Fsp3) is 0.571. The van der Waals surface area contributed by atoms with E-state index in [2.05, 4.69) is 16.6 Å². The normalized spacial score (nSPS) is 29.4. The molecule has 2 N–H and O–H groups in total. The van der Waals surface area contributed by atoms with Crippen LogP contribution in [-0.4, -0.2) is 30.0 Å². The Morgan fingerprint density at radius 3 is 3.00 bits per heavy atom. The topological polar surface area (TPSA) is 58.6 Å². The largest absolute Gasteiger partial charge is 0.447 e. The number of rotatable bonds is 3. The number of amides is 1. The van der Waals surface area contributed by atoms with E-state index in [0.717, 1.165) is 0 Å². The molecule has 1 fully saturated rings. The third kappa shape index (κ3) is 1.51. The highest BCUT2D eigenvalue weighted by molar-refractivity contribution is 5.70. The summed E-state index contributed by atoms with van der Waals surface area (Å²) in [7, 11) is 0. The fourth-order valence-corrected chi connectivity index (χ4v) is 1.03. The summed E-state index contributed by atoms with van der Waals surface area (Å²) >= 11 is 0. The zero-order valence-corrected chi connectivity index (χ0v) is 6.17. The molecule has 0 aromatic rings. The van der Waals surface area contributed by atoms with Crippen LogP contribution >= 0.6 is 0 Å². The van der Waals surface area contributed by atoms with Crippen molar-refractivity contribution in [1.82, 2.24) is 5.32 Å². The van der Waals surface area contributed by atoms with E-state index in [1.54, 1.807) is 6.08 Å². The van der Waals surface area contributed by atoms with Crippen LogP contribution in [0.15, 0.2) is 12.7 Å². The van der Waals surface area contributed by atoms with Gasteiger partial charge in [0.05, 0.1) is 6.61 Å². The predicted octanol–water partition coefficient (Wildman–Crippen LogP) is 0.0334. The molecule has 1 saturated heterocycles. The van der Waals surface area contributed by atoms with Crippen molar-refractivity contribution in [2.24, 2.45) is 0 Å². The molecule has 62 valence electrons. The number of aliphatic hydroxyl groups excluding tert-OH is 1. The molecule has 4 heteroatoms. The van der Waals surface area contributed by atoms with Crippen LogP contribution in [0.5, 0.6) is 0 Å². The predicted molar refractivity (Wildman–Crippen MR) is 39.1 cm³/mol. The van der Waals surface area contributed by atoms with E-state index in [4.69, 9.17) is 5.11 Å². The first-order chi connectivity index (χ1) is 5.22. The summed E-state index contributed by atoms with van der Waals surface area (Å²) in [6.45, 7) is 3.62. The van der Waals surface area contributed by atoms with Crippen LogP contribution in [-0.2, 0) is 4.74 Å². The molecule has 1 atom stereocenters. The van der Waals surface area contributed by atoms with Gasteiger partial charge >= 0.3 is 6.09 Å². The van der Waals surface area contributed by atoms with Gasteiger partial charge < -0.3 is 15.2 Å². The first kappa shape index (κ1) is 8.07. The van der Waals surface area contributed by atoms with E-state index in [-0.39, 0.29) is 13.2 Å². The molecule has 1 rings (SSSR count). The van der Waals surface area contributed by atoms with Crippen molar-refractivity contribution < 1.29 is 14.6 Å². The number of ether oxygens (including phenoxy) is 1. The second-order valence-corrected chi connectivity index (χ2v) is 2.63. The summed E-state index contributed by atoms with van der Waals surface area (Å²) in [5.74, 6) is 0. The Morgan fingerprint density at radius 1 is 1.91 bits per heavy atom. The lowest BCUT2D eigenvalue weighted by Gasteiger charge is -2.21. The van der Waals surface area contributed by atoms with Crippen LogP contribution in [0, 0.1) is 0 Å². The van der Waals surface area contributed by atoms with Crippen LogP contribution in [0.3, 0.4) is 0 Å². The van der Waals surface area contributed by atoms with Crippen LogP contribution < -0.4 is 5.32 Å². The minimum absolute atomic E-state index is 0.120. The first-order valence-electron chi connectivity index (χ1n) is 3.39. The molecule has 11 heavy (non-hydrogen) atoms. The van der Waals surface area contributed by atoms with Crippen molar-refractivity contribution in [3.63, 3.8) is 0 Å². The number of cyclic esters (lactones) is 1. The molecule has 1 aliphatic rings. The summed E-state index contributed by atoms with van der Waals surface area (Å²) in [5, 5.41) is 11.5.